The van der Waals surface area contributed by atoms with Crippen LogP contribution in [0.15, 0.2) is 0 Å². The van der Waals surface area contributed by atoms with Gasteiger partial charge in [-0.3, -0.25) is 4.79 Å². The van der Waals surface area contributed by atoms with Gasteiger partial charge in [-0.05, 0) is 50.4 Å². The van der Waals surface area contributed by atoms with E-state index in [0.29, 0.717) is 30.5 Å². The molecule has 5 heteroatoms. The van der Waals surface area contributed by atoms with Crippen molar-refractivity contribution in [1.29, 1.82) is 0 Å². The van der Waals surface area contributed by atoms with Crippen LogP contribution in [0.25, 0.3) is 0 Å². The van der Waals surface area contributed by atoms with Gasteiger partial charge in [0.1, 0.15) is 0 Å². The highest BCUT2D eigenvalue weighted by Crippen LogP contribution is 2.39. The summed E-state index contributed by atoms with van der Waals surface area (Å²) in [6.45, 7) is 1.42. The fraction of sp³-hybridized carbons (Fsp3) is 0.933. The van der Waals surface area contributed by atoms with Crippen molar-refractivity contribution in [3.05, 3.63) is 0 Å². The third-order valence-corrected chi connectivity index (χ3v) is 5.22. The number of nitrogens with two attached hydrogens (primary N) is 1. The maximum absolute atomic E-state index is 12.4. The van der Waals surface area contributed by atoms with Crippen molar-refractivity contribution in [2.75, 3.05) is 13.2 Å². The first-order valence-electron chi connectivity index (χ1n) is 7.87. The molecule has 4 nitrogen and oxygen atoms in total. The van der Waals surface area contributed by atoms with E-state index in [1.165, 1.54) is 19.3 Å². The van der Waals surface area contributed by atoms with E-state index in [0.717, 1.165) is 32.3 Å². The molecule has 0 aromatic rings. The first-order chi connectivity index (χ1) is 9.24. The summed E-state index contributed by atoms with van der Waals surface area (Å²) in [7, 11) is 0. The number of hydrogen-bond donors (Lipinski definition) is 2. The molecule has 2 aliphatic carbocycles. The molecule has 0 aromatic carbocycles. The molecular weight excluding hydrogens is 276 g/mol. The van der Waals surface area contributed by atoms with Gasteiger partial charge in [-0.15, -0.1) is 12.4 Å². The van der Waals surface area contributed by atoms with E-state index in [2.05, 4.69) is 5.32 Å². The molecular formula is C15H27ClN2O2. The number of ether oxygens (including phenoxy) is 1. The van der Waals surface area contributed by atoms with E-state index in [9.17, 15) is 4.79 Å². The van der Waals surface area contributed by atoms with Crippen LogP contribution in [-0.4, -0.2) is 31.2 Å². The van der Waals surface area contributed by atoms with Crippen molar-refractivity contribution >= 4 is 18.3 Å². The van der Waals surface area contributed by atoms with Gasteiger partial charge in [0, 0.05) is 18.7 Å². The third kappa shape index (κ3) is 3.46. The number of carbonyl (C=O) groups is 1. The molecule has 0 spiro atoms. The largest absolute Gasteiger partial charge is 0.381 e. The lowest BCUT2D eigenvalue weighted by Gasteiger charge is -2.45. The molecule has 1 aliphatic heterocycles. The van der Waals surface area contributed by atoms with Crippen LogP contribution >= 0.6 is 12.4 Å². The molecule has 1 saturated heterocycles. The highest BCUT2D eigenvalue weighted by molar-refractivity contribution is 5.85. The highest BCUT2D eigenvalue weighted by Gasteiger charge is 2.40. The van der Waals surface area contributed by atoms with Crippen LogP contribution in [0.2, 0.25) is 0 Å². The molecule has 1 amide bonds. The molecule has 20 heavy (non-hydrogen) atoms. The number of amides is 1. The predicted octanol–water partition coefficient (Wildman–Crippen LogP) is 1.86. The Morgan fingerprint density at radius 3 is 2.40 bits per heavy atom. The Balaban J connectivity index is 0.00000147. The zero-order valence-electron chi connectivity index (χ0n) is 12.1. The quantitative estimate of drug-likeness (QED) is 0.818. The number of rotatable bonds is 2. The molecule has 3 aliphatic rings. The summed E-state index contributed by atoms with van der Waals surface area (Å²) in [5.41, 5.74) is 6.13. The number of hydrogen-bond acceptors (Lipinski definition) is 3. The molecule has 0 aromatic heterocycles. The maximum atomic E-state index is 12.4. The Morgan fingerprint density at radius 2 is 1.80 bits per heavy atom. The summed E-state index contributed by atoms with van der Waals surface area (Å²) in [5.74, 6) is 1.51. The van der Waals surface area contributed by atoms with Crippen molar-refractivity contribution in [1.82, 2.24) is 5.32 Å². The Labute approximate surface area is 127 Å². The van der Waals surface area contributed by atoms with Crippen LogP contribution in [0.1, 0.15) is 44.9 Å². The van der Waals surface area contributed by atoms with Crippen LogP contribution in [0, 0.1) is 17.8 Å². The summed E-state index contributed by atoms with van der Waals surface area (Å²) in [5, 5.41) is 3.34. The minimum atomic E-state index is 0. The van der Waals surface area contributed by atoms with Crippen LogP contribution < -0.4 is 11.1 Å². The summed E-state index contributed by atoms with van der Waals surface area (Å²) in [4.78, 5) is 12.4. The molecule has 1 heterocycles. The molecule has 2 saturated carbocycles. The minimum absolute atomic E-state index is 0. The van der Waals surface area contributed by atoms with Crippen LogP contribution in [0.4, 0.5) is 0 Å². The van der Waals surface area contributed by atoms with E-state index in [4.69, 9.17) is 10.5 Å². The highest BCUT2D eigenvalue weighted by atomic mass is 35.5. The SMILES string of the molecule is Cl.NC1CC2CCCC(C1)C2NC(=O)C1CCCOC1. The van der Waals surface area contributed by atoms with E-state index < -0.39 is 0 Å². The fourth-order valence-corrected chi connectivity index (χ4v) is 4.25. The second-order valence-electron chi connectivity index (χ2n) is 6.63. The Morgan fingerprint density at radius 1 is 1.10 bits per heavy atom. The first kappa shape index (κ1) is 16.1. The first-order valence-corrected chi connectivity index (χ1v) is 7.87. The summed E-state index contributed by atoms with van der Waals surface area (Å²) < 4.78 is 5.42. The summed E-state index contributed by atoms with van der Waals surface area (Å²) in [6.07, 6.45) is 7.94. The van der Waals surface area contributed by atoms with Gasteiger partial charge in [-0.2, -0.15) is 0 Å². The van der Waals surface area contributed by atoms with Crippen LogP contribution in [0.5, 0.6) is 0 Å². The molecule has 3 rings (SSSR count). The Kier molecular flexibility index (Phi) is 5.70. The van der Waals surface area contributed by atoms with Gasteiger partial charge in [0.15, 0.2) is 0 Å². The molecule has 116 valence electrons. The second kappa shape index (κ2) is 7.10. The zero-order valence-corrected chi connectivity index (χ0v) is 12.9. The molecule has 0 radical (unpaired) electrons. The Bertz CT molecular complexity index is 320. The monoisotopic (exact) mass is 302 g/mol. The topological polar surface area (TPSA) is 64.3 Å². The van der Waals surface area contributed by atoms with Crippen LogP contribution in [0.3, 0.4) is 0 Å². The minimum Gasteiger partial charge on any atom is -0.381 e. The standard InChI is InChI=1S/C15H26N2O2.ClH/c16-13-7-10-3-1-4-11(8-13)14(10)17-15(18)12-5-2-6-19-9-12;/h10-14H,1-9,16H2,(H,17,18);1H. The lowest BCUT2D eigenvalue weighted by atomic mass is 9.67. The molecule has 2 bridgehead atoms. The van der Waals surface area contributed by atoms with Gasteiger partial charge in [0.05, 0.1) is 12.5 Å². The average Bonchev–Trinajstić information content (AvgIpc) is 2.41. The normalized spacial score (nSPS) is 40.5. The van der Waals surface area contributed by atoms with Gasteiger partial charge in [-0.1, -0.05) is 6.42 Å². The van der Waals surface area contributed by atoms with Gasteiger partial charge in [0.2, 0.25) is 5.91 Å². The van der Waals surface area contributed by atoms with E-state index in [1.54, 1.807) is 0 Å². The van der Waals surface area contributed by atoms with Gasteiger partial charge in [-0.25, -0.2) is 0 Å². The van der Waals surface area contributed by atoms with E-state index in [1.807, 2.05) is 0 Å². The van der Waals surface area contributed by atoms with Crippen molar-refractivity contribution in [2.24, 2.45) is 23.5 Å². The predicted molar refractivity (Wildman–Crippen MR) is 80.8 cm³/mol. The molecule has 3 fully saturated rings. The number of halogens is 1. The summed E-state index contributed by atoms with van der Waals surface area (Å²) >= 11 is 0. The van der Waals surface area contributed by atoms with Gasteiger partial charge < -0.3 is 15.8 Å². The van der Waals surface area contributed by atoms with Crippen molar-refractivity contribution < 1.29 is 9.53 Å². The second-order valence-corrected chi connectivity index (χ2v) is 6.63. The van der Waals surface area contributed by atoms with E-state index >= 15 is 0 Å². The Hall–Kier alpha value is -0.320. The summed E-state index contributed by atoms with van der Waals surface area (Å²) in [6, 6.07) is 0.726. The van der Waals surface area contributed by atoms with Crippen molar-refractivity contribution in [3.8, 4) is 0 Å². The van der Waals surface area contributed by atoms with Gasteiger partial charge in [0.25, 0.3) is 0 Å². The van der Waals surface area contributed by atoms with Crippen molar-refractivity contribution in [2.45, 2.75) is 57.0 Å². The lowest BCUT2D eigenvalue weighted by molar-refractivity contribution is -0.131. The number of carbonyl (C=O) groups excluding carboxylic acids is 1. The molecule has 3 N–H and O–H groups in total. The third-order valence-electron chi connectivity index (χ3n) is 5.22. The fourth-order valence-electron chi connectivity index (χ4n) is 4.25. The number of nitrogens with one attached hydrogen (secondary N) is 1. The average molecular weight is 303 g/mol. The molecule has 3 atom stereocenters. The molecule has 3 unspecified atom stereocenters. The lowest BCUT2D eigenvalue weighted by Crippen LogP contribution is -2.55. The van der Waals surface area contributed by atoms with Gasteiger partial charge >= 0.3 is 0 Å². The van der Waals surface area contributed by atoms with Crippen LogP contribution in [-0.2, 0) is 9.53 Å². The van der Waals surface area contributed by atoms with E-state index in [-0.39, 0.29) is 24.2 Å². The maximum Gasteiger partial charge on any atom is 0.225 e. The smallest absolute Gasteiger partial charge is 0.225 e. The number of fused-ring (bicyclic) bond motifs is 2. The van der Waals surface area contributed by atoms with Crippen molar-refractivity contribution in [3.63, 3.8) is 0 Å². The zero-order chi connectivity index (χ0) is 13.2.